The lowest BCUT2D eigenvalue weighted by atomic mass is 9.86. The summed E-state index contributed by atoms with van der Waals surface area (Å²) in [6, 6.07) is 5.92. The molecule has 4 heteroatoms. The Morgan fingerprint density at radius 3 is 3.11 bits per heavy atom. The van der Waals surface area contributed by atoms with Gasteiger partial charge in [0.2, 0.25) is 0 Å². The van der Waals surface area contributed by atoms with E-state index in [4.69, 9.17) is 16.3 Å². The van der Waals surface area contributed by atoms with Gasteiger partial charge in [-0.2, -0.15) is 0 Å². The molecule has 0 radical (unpaired) electrons. The van der Waals surface area contributed by atoms with Gasteiger partial charge in [-0.3, -0.25) is 4.90 Å². The van der Waals surface area contributed by atoms with Crippen molar-refractivity contribution in [3.05, 3.63) is 28.8 Å². The van der Waals surface area contributed by atoms with Crippen molar-refractivity contribution in [3.8, 4) is 5.75 Å². The van der Waals surface area contributed by atoms with Crippen molar-refractivity contribution in [3.63, 3.8) is 0 Å². The highest BCUT2D eigenvalue weighted by atomic mass is 35.5. The maximum atomic E-state index is 11.0. The second-order valence-electron chi connectivity index (χ2n) is 5.68. The summed E-state index contributed by atoms with van der Waals surface area (Å²) in [5, 5.41) is 11.7. The minimum atomic E-state index is -0.630. The Morgan fingerprint density at radius 1 is 1.47 bits per heavy atom. The van der Waals surface area contributed by atoms with Gasteiger partial charge in [0.05, 0.1) is 12.7 Å². The second kappa shape index (κ2) is 4.97. The fourth-order valence-corrected chi connectivity index (χ4v) is 3.82. The van der Waals surface area contributed by atoms with Crippen molar-refractivity contribution < 1.29 is 9.84 Å². The molecule has 2 saturated heterocycles. The number of methoxy groups -OCH3 is 1. The molecule has 2 fully saturated rings. The van der Waals surface area contributed by atoms with Gasteiger partial charge in [-0.15, -0.1) is 0 Å². The van der Waals surface area contributed by atoms with Gasteiger partial charge >= 0.3 is 0 Å². The number of aliphatic hydroxyl groups is 1. The summed E-state index contributed by atoms with van der Waals surface area (Å²) < 4.78 is 5.38. The number of rotatable bonds is 3. The molecule has 0 bridgehead atoms. The second-order valence-corrected chi connectivity index (χ2v) is 6.12. The third kappa shape index (κ3) is 2.35. The van der Waals surface area contributed by atoms with Crippen LogP contribution in [-0.4, -0.2) is 41.8 Å². The minimum Gasteiger partial charge on any atom is -0.496 e. The molecule has 0 aromatic heterocycles. The van der Waals surface area contributed by atoms with Gasteiger partial charge in [-0.1, -0.05) is 11.6 Å². The van der Waals surface area contributed by atoms with Gasteiger partial charge in [0.25, 0.3) is 0 Å². The van der Waals surface area contributed by atoms with Crippen LogP contribution in [0.5, 0.6) is 5.75 Å². The quantitative estimate of drug-likeness (QED) is 0.924. The first-order valence-corrected chi connectivity index (χ1v) is 7.29. The van der Waals surface area contributed by atoms with Gasteiger partial charge in [0.1, 0.15) is 5.75 Å². The molecule has 19 heavy (non-hydrogen) atoms. The highest BCUT2D eigenvalue weighted by Gasteiger charge is 2.48. The van der Waals surface area contributed by atoms with Crippen LogP contribution in [0.2, 0.25) is 5.02 Å². The predicted molar refractivity (Wildman–Crippen MR) is 75.9 cm³/mol. The molecule has 2 heterocycles. The molecule has 0 amide bonds. The van der Waals surface area contributed by atoms with Gasteiger partial charge in [-0.25, -0.2) is 0 Å². The van der Waals surface area contributed by atoms with Crippen LogP contribution in [0.1, 0.15) is 24.8 Å². The number of benzene rings is 1. The molecule has 1 aromatic carbocycles. The smallest absolute Gasteiger partial charge is 0.122 e. The zero-order valence-corrected chi connectivity index (χ0v) is 12.0. The van der Waals surface area contributed by atoms with E-state index in [9.17, 15) is 5.11 Å². The molecule has 3 nitrogen and oxygen atoms in total. The molecule has 1 N–H and O–H groups in total. The predicted octanol–water partition coefficient (Wildman–Crippen LogP) is 2.49. The van der Waals surface area contributed by atoms with Gasteiger partial charge < -0.3 is 9.84 Å². The van der Waals surface area contributed by atoms with Gasteiger partial charge in [-0.05, 0) is 49.6 Å². The number of hydrogen-bond donors (Lipinski definition) is 1. The van der Waals surface area contributed by atoms with Crippen molar-refractivity contribution in [1.29, 1.82) is 0 Å². The molecule has 0 aliphatic carbocycles. The largest absolute Gasteiger partial charge is 0.496 e. The van der Waals surface area contributed by atoms with Crippen LogP contribution in [0.15, 0.2) is 18.2 Å². The average Bonchev–Trinajstić information content (AvgIpc) is 2.95. The summed E-state index contributed by atoms with van der Waals surface area (Å²) in [7, 11) is 1.66. The summed E-state index contributed by atoms with van der Waals surface area (Å²) in [5.41, 5.74) is 0.375. The van der Waals surface area contributed by atoms with Crippen molar-refractivity contribution in [2.75, 3.05) is 20.2 Å². The summed E-state index contributed by atoms with van der Waals surface area (Å²) in [6.45, 7) is 2.13. The Morgan fingerprint density at radius 2 is 2.32 bits per heavy atom. The summed E-state index contributed by atoms with van der Waals surface area (Å²) in [4.78, 5) is 2.41. The Labute approximate surface area is 119 Å². The minimum absolute atomic E-state index is 0.302. The molecule has 2 aliphatic heterocycles. The zero-order valence-electron chi connectivity index (χ0n) is 11.2. The van der Waals surface area contributed by atoms with E-state index in [1.165, 1.54) is 6.42 Å². The number of nitrogens with zero attached hydrogens (tertiary/aromatic N) is 1. The van der Waals surface area contributed by atoms with Crippen LogP contribution < -0.4 is 4.74 Å². The highest BCUT2D eigenvalue weighted by molar-refractivity contribution is 6.30. The van der Waals surface area contributed by atoms with Crippen molar-refractivity contribution in [2.24, 2.45) is 0 Å². The summed E-state index contributed by atoms with van der Waals surface area (Å²) in [6.07, 6.45) is 3.75. The molecular formula is C15H20ClNO2. The molecule has 2 aliphatic rings. The Hall–Kier alpha value is -0.770. The lowest BCUT2D eigenvalue weighted by Crippen LogP contribution is -2.43. The van der Waals surface area contributed by atoms with Crippen LogP contribution in [-0.2, 0) is 6.42 Å². The normalized spacial score (nSPS) is 30.6. The van der Waals surface area contributed by atoms with Crippen LogP contribution in [0.3, 0.4) is 0 Å². The van der Waals surface area contributed by atoms with E-state index < -0.39 is 5.60 Å². The van der Waals surface area contributed by atoms with E-state index in [0.717, 1.165) is 37.2 Å². The number of ether oxygens (including phenoxy) is 1. The average molecular weight is 282 g/mol. The van der Waals surface area contributed by atoms with E-state index in [2.05, 4.69) is 4.90 Å². The van der Waals surface area contributed by atoms with Crippen molar-refractivity contribution in [2.45, 2.75) is 37.3 Å². The summed E-state index contributed by atoms with van der Waals surface area (Å²) in [5.74, 6) is 0.814. The molecule has 1 aromatic rings. The lowest BCUT2D eigenvalue weighted by molar-refractivity contribution is 0.0136. The van der Waals surface area contributed by atoms with E-state index in [1.807, 2.05) is 18.2 Å². The molecule has 2 atom stereocenters. The van der Waals surface area contributed by atoms with E-state index in [-0.39, 0.29) is 0 Å². The fraction of sp³-hybridized carbons (Fsp3) is 0.600. The van der Waals surface area contributed by atoms with E-state index in [0.29, 0.717) is 17.5 Å². The molecule has 0 saturated carbocycles. The first kappa shape index (κ1) is 13.2. The number of hydrogen-bond acceptors (Lipinski definition) is 3. The van der Waals surface area contributed by atoms with Crippen LogP contribution in [0.25, 0.3) is 0 Å². The topological polar surface area (TPSA) is 32.7 Å². The summed E-state index contributed by atoms with van der Waals surface area (Å²) >= 11 is 6.07. The lowest BCUT2D eigenvalue weighted by Gasteiger charge is -2.30. The number of halogens is 1. The monoisotopic (exact) mass is 281 g/mol. The Balaban J connectivity index is 1.86. The van der Waals surface area contributed by atoms with E-state index in [1.54, 1.807) is 7.11 Å². The molecule has 3 rings (SSSR count). The Bertz CT molecular complexity index is 479. The van der Waals surface area contributed by atoms with E-state index >= 15 is 0 Å². The maximum absolute atomic E-state index is 11.0. The highest BCUT2D eigenvalue weighted by Crippen LogP contribution is 2.39. The molecule has 2 unspecified atom stereocenters. The first-order chi connectivity index (χ1) is 9.12. The van der Waals surface area contributed by atoms with Gasteiger partial charge in [0.15, 0.2) is 0 Å². The SMILES string of the molecule is COc1ccc(Cl)cc1CC1(O)CCN2CCCC21. The standard InChI is InChI=1S/C15H20ClNO2/c1-19-13-5-4-12(16)9-11(13)10-15(18)6-8-17-7-2-3-14(15)17/h4-5,9,14,18H,2-3,6-8,10H2,1H3. The Kier molecular flexibility index (Phi) is 3.46. The molecule has 0 spiro atoms. The number of fused-ring (bicyclic) bond motifs is 1. The van der Waals surface area contributed by atoms with Crippen molar-refractivity contribution >= 4 is 11.6 Å². The van der Waals surface area contributed by atoms with Gasteiger partial charge in [0, 0.05) is 24.0 Å². The first-order valence-electron chi connectivity index (χ1n) is 6.91. The molecular weight excluding hydrogens is 262 g/mol. The fourth-order valence-electron chi connectivity index (χ4n) is 3.63. The third-order valence-corrected chi connectivity index (χ3v) is 4.79. The maximum Gasteiger partial charge on any atom is 0.122 e. The van der Waals surface area contributed by atoms with Crippen LogP contribution in [0, 0.1) is 0 Å². The van der Waals surface area contributed by atoms with Crippen LogP contribution in [0.4, 0.5) is 0 Å². The van der Waals surface area contributed by atoms with Crippen molar-refractivity contribution in [1.82, 2.24) is 4.90 Å². The van der Waals surface area contributed by atoms with Crippen LogP contribution >= 0.6 is 11.6 Å². The molecule has 104 valence electrons. The zero-order chi connectivity index (χ0) is 13.5. The third-order valence-electron chi connectivity index (χ3n) is 4.55.